The van der Waals surface area contributed by atoms with Crippen LogP contribution >= 0.6 is 0 Å². The molecule has 1 aliphatic heterocycles. The number of aliphatic hydroxyl groups is 1. The minimum absolute atomic E-state index is 0.177. The number of hydrogen-bond donors (Lipinski definition) is 2. The second-order valence-electron chi connectivity index (χ2n) is 6.78. The molecule has 5 nitrogen and oxygen atoms in total. The van der Waals surface area contributed by atoms with Crippen LogP contribution in [0.5, 0.6) is 0 Å². The highest BCUT2D eigenvalue weighted by molar-refractivity contribution is 5.78. The molecule has 122 valence electrons. The second-order valence-corrected chi connectivity index (χ2v) is 6.78. The molecule has 0 radical (unpaired) electrons. The highest BCUT2D eigenvalue weighted by atomic mass is 16.3. The molecule has 1 saturated heterocycles. The number of carbonyl (C=O) groups excluding carboxylic acids is 1. The molecule has 2 rings (SSSR count). The Morgan fingerprint density at radius 3 is 2.48 bits per heavy atom. The number of aliphatic hydroxyl groups excluding tert-OH is 1. The summed E-state index contributed by atoms with van der Waals surface area (Å²) in [4.78, 5) is 16.7. The monoisotopic (exact) mass is 297 g/mol. The molecule has 5 heteroatoms. The van der Waals surface area contributed by atoms with Gasteiger partial charge in [0.15, 0.2) is 0 Å². The Morgan fingerprint density at radius 2 is 1.81 bits per heavy atom. The van der Waals surface area contributed by atoms with Crippen LogP contribution in [0.2, 0.25) is 0 Å². The van der Waals surface area contributed by atoms with Crippen molar-refractivity contribution < 1.29 is 9.90 Å². The summed E-state index contributed by atoms with van der Waals surface area (Å²) in [5, 5.41) is 12.2. The molecule has 0 bridgehead atoms. The Balaban J connectivity index is 1.70. The third-order valence-electron chi connectivity index (χ3n) is 5.30. The summed E-state index contributed by atoms with van der Waals surface area (Å²) in [5.41, 5.74) is 0. The predicted octanol–water partition coefficient (Wildman–Crippen LogP) is 0.537. The Labute approximate surface area is 128 Å². The molecule has 3 unspecified atom stereocenters. The van der Waals surface area contributed by atoms with Crippen molar-refractivity contribution in [3.63, 3.8) is 0 Å². The lowest BCUT2D eigenvalue weighted by Gasteiger charge is -2.36. The normalized spacial score (nSPS) is 32.0. The summed E-state index contributed by atoms with van der Waals surface area (Å²) in [6, 6.07) is 0.358. The number of hydrogen-bond acceptors (Lipinski definition) is 4. The SMILES string of the molecule is CC1CCCC(NC(=O)CN2CCN(CCO)CC2)C1C. The third-order valence-corrected chi connectivity index (χ3v) is 5.30. The first-order chi connectivity index (χ1) is 10.1. The van der Waals surface area contributed by atoms with E-state index in [4.69, 9.17) is 5.11 Å². The van der Waals surface area contributed by atoms with Gasteiger partial charge in [-0.25, -0.2) is 0 Å². The van der Waals surface area contributed by atoms with E-state index in [1.165, 1.54) is 12.8 Å². The van der Waals surface area contributed by atoms with Crippen molar-refractivity contribution in [1.82, 2.24) is 15.1 Å². The molecule has 0 aromatic carbocycles. The maximum atomic E-state index is 12.2. The number of nitrogens with one attached hydrogen (secondary N) is 1. The zero-order valence-electron chi connectivity index (χ0n) is 13.6. The quantitative estimate of drug-likeness (QED) is 0.777. The van der Waals surface area contributed by atoms with E-state index in [1.54, 1.807) is 0 Å². The van der Waals surface area contributed by atoms with Gasteiger partial charge < -0.3 is 10.4 Å². The van der Waals surface area contributed by atoms with E-state index in [2.05, 4.69) is 29.0 Å². The molecule has 21 heavy (non-hydrogen) atoms. The van der Waals surface area contributed by atoms with Gasteiger partial charge in [0.2, 0.25) is 5.91 Å². The standard InChI is InChI=1S/C16H31N3O2/c1-13-4-3-5-15(14(13)2)17-16(21)12-19-8-6-18(7-9-19)10-11-20/h13-15,20H,3-12H2,1-2H3,(H,17,21). The minimum Gasteiger partial charge on any atom is -0.395 e. The predicted molar refractivity (Wildman–Crippen MR) is 84.1 cm³/mol. The topological polar surface area (TPSA) is 55.8 Å². The van der Waals surface area contributed by atoms with Crippen molar-refractivity contribution in [3.05, 3.63) is 0 Å². The Kier molecular flexibility index (Phi) is 6.45. The average Bonchev–Trinajstić information content (AvgIpc) is 2.46. The highest BCUT2D eigenvalue weighted by Gasteiger charge is 2.28. The molecule has 1 saturated carbocycles. The number of nitrogens with zero attached hydrogens (tertiary/aromatic N) is 2. The van der Waals surface area contributed by atoms with Crippen molar-refractivity contribution in [2.45, 2.75) is 39.2 Å². The maximum Gasteiger partial charge on any atom is 0.234 e. The van der Waals surface area contributed by atoms with Crippen molar-refractivity contribution in [1.29, 1.82) is 0 Å². The largest absolute Gasteiger partial charge is 0.395 e. The Morgan fingerprint density at radius 1 is 1.14 bits per heavy atom. The van der Waals surface area contributed by atoms with Gasteiger partial charge in [-0.15, -0.1) is 0 Å². The lowest BCUT2D eigenvalue weighted by molar-refractivity contribution is -0.124. The van der Waals surface area contributed by atoms with Gasteiger partial charge in [-0.05, 0) is 18.3 Å². The van der Waals surface area contributed by atoms with E-state index in [9.17, 15) is 4.79 Å². The van der Waals surface area contributed by atoms with E-state index in [-0.39, 0.29) is 12.5 Å². The summed E-state index contributed by atoms with van der Waals surface area (Å²) >= 11 is 0. The molecule has 3 atom stereocenters. The maximum absolute atomic E-state index is 12.2. The van der Waals surface area contributed by atoms with Crippen LogP contribution in [-0.4, -0.2) is 72.7 Å². The zero-order chi connectivity index (χ0) is 15.2. The van der Waals surface area contributed by atoms with Crippen LogP contribution in [0.25, 0.3) is 0 Å². The van der Waals surface area contributed by atoms with E-state index >= 15 is 0 Å². The van der Waals surface area contributed by atoms with Gasteiger partial charge >= 0.3 is 0 Å². The van der Waals surface area contributed by atoms with E-state index in [0.29, 0.717) is 24.4 Å². The molecular weight excluding hydrogens is 266 g/mol. The molecule has 1 heterocycles. The summed E-state index contributed by atoms with van der Waals surface area (Å²) in [7, 11) is 0. The van der Waals surface area contributed by atoms with Gasteiger partial charge in [0, 0.05) is 38.8 Å². The second kappa shape index (κ2) is 8.11. The van der Waals surface area contributed by atoms with Crippen LogP contribution in [0, 0.1) is 11.8 Å². The van der Waals surface area contributed by atoms with Crippen molar-refractivity contribution in [3.8, 4) is 0 Å². The summed E-state index contributed by atoms with van der Waals surface area (Å²) in [6.45, 7) is 9.79. The zero-order valence-corrected chi connectivity index (χ0v) is 13.6. The van der Waals surface area contributed by atoms with Crippen molar-refractivity contribution in [2.75, 3.05) is 45.9 Å². The molecule has 0 aromatic heterocycles. The van der Waals surface area contributed by atoms with Crippen LogP contribution in [0.3, 0.4) is 0 Å². The molecule has 0 aromatic rings. The fraction of sp³-hybridized carbons (Fsp3) is 0.938. The minimum atomic E-state index is 0.177. The molecular formula is C16H31N3O2. The summed E-state index contributed by atoms with van der Waals surface area (Å²) in [6.07, 6.45) is 3.65. The van der Waals surface area contributed by atoms with Crippen molar-refractivity contribution in [2.24, 2.45) is 11.8 Å². The fourth-order valence-corrected chi connectivity index (χ4v) is 3.55. The number of carbonyl (C=O) groups is 1. The van der Waals surface area contributed by atoms with Crippen LogP contribution in [0.15, 0.2) is 0 Å². The molecule has 2 fully saturated rings. The average molecular weight is 297 g/mol. The Hall–Kier alpha value is -0.650. The molecule has 2 aliphatic rings. The van der Waals surface area contributed by atoms with Gasteiger partial charge in [0.05, 0.1) is 13.2 Å². The number of piperazine rings is 1. The number of rotatable bonds is 5. The highest BCUT2D eigenvalue weighted by Crippen LogP contribution is 2.29. The smallest absolute Gasteiger partial charge is 0.234 e. The van der Waals surface area contributed by atoms with Crippen molar-refractivity contribution >= 4 is 5.91 Å². The fourth-order valence-electron chi connectivity index (χ4n) is 3.55. The molecule has 1 amide bonds. The third kappa shape index (κ3) is 4.94. The lowest BCUT2D eigenvalue weighted by Crippen LogP contribution is -2.52. The van der Waals surface area contributed by atoms with Gasteiger partial charge in [-0.2, -0.15) is 0 Å². The van der Waals surface area contributed by atoms with Gasteiger partial charge in [-0.1, -0.05) is 26.7 Å². The van der Waals surface area contributed by atoms with E-state index < -0.39 is 0 Å². The lowest BCUT2D eigenvalue weighted by atomic mass is 9.78. The summed E-state index contributed by atoms with van der Waals surface area (Å²) in [5.74, 6) is 1.48. The first-order valence-corrected chi connectivity index (χ1v) is 8.45. The molecule has 1 aliphatic carbocycles. The first-order valence-electron chi connectivity index (χ1n) is 8.45. The number of β-amino-alcohol motifs (C(OH)–C–C–N with tert-alkyl or cyclic N) is 1. The van der Waals surface area contributed by atoms with Gasteiger partial charge in [-0.3, -0.25) is 14.6 Å². The summed E-state index contributed by atoms with van der Waals surface area (Å²) < 4.78 is 0. The van der Waals surface area contributed by atoms with Crippen LogP contribution in [-0.2, 0) is 4.79 Å². The number of amides is 1. The Bertz CT molecular complexity index is 329. The van der Waals surface area contributed by atoms with Crippen LogP contribution in [0.1, 0.15) is 33.1 Å². The van der Waals surface area contributed by atoms with E-state index in [1.807, 2.05) is 0 Å². The first kappa shape index (κ1) is 16.7. The van der Waals surface area contributed by atoms with Crippen LogP contribution in [0.4, 0.5) is 0 Å². The van der Waals surface area contributed by atoms with Gasteiger partial charge in [0.1, 0.15) is 0 Å². The molecule has 0 spiro atoms. The van der Waals surface area contributed by atoms with Crippen LogP contribution < -0.4 is 5.32 Å². The molecule has 2 N–H and O–H groups in total. The van der Waals surface area contributed by atoms with E-state index in [0.717, 1.165) is 39.1 Å². The van der Waals surface area contributed by atoms with Gasteiger partial charge in [0.25, 0.3) is 0 Å².